The minimum Gasteiger partial charge on any atom is -0.490 e. The summed E-state index contributed by atoms with van der Waals surface area (Å²) in [5.74, 6) is 1.35. The number of rotatable bonds is 5. The average Bonchev–Trinajstić information content (AvgIpc) is 3.14. The lowest BCUT2D eigenvalue weighted by atomic mass is 10.0. The predicted molar refractivity (Wildman–Crippen MR) is 108 cm³/mol. The van der Waals surface area contributed by atoms with Crippen molar-refractivity contribution < 1.29 is 22.6 Å². The fraction of sp³-hybridized carbons (Fsp3) is 0.304. The molecule has 0 bridgehead atoms. The third kappa shape index (κ3) is 3.77. The maximum absolute atomic E-state index is 13.0. The van der Waals surface area contributed by atoms with Gasteiger partial charge in [-0.05, 0) is 55.3 Å². The Morgan fingerprint density at radius 3 is 2.30 bits per heavy atom. The first kappa shape index (κ1) is 20.3. The molecule has 3 aromatic rings. The van der Waals surface area contributed by atoms with Gasteiger partial charge in [0.1, 0.15) is 0 Å². The summed E-state index contributed by atoms with van der Waals surface area (Å²) in [6, 6.07) is 12.9. The van der Waals surface area contributed by atoms with Gasteiger partial charge in [-0.2, -0.15) is 13.2 Å². The minimum absolute atomic E-state index is 0.249. The molecule has 0 unspecified atom stereocenters. The highest BCUT2D eigenvalue weighted by molar-refractivity contribution is 5.56. The van der Waals surface area contributed by atoms with Gasteiger partial charge < -0.3 is 19.4 Å². The molecule has 158 valence electrons. The van der Waals surface area contributed by atoms with Crippen molar-refractivity contribution in [3.63, 3.8) is 0 Å². The maximum atomic E-state index is 13.0. The van der Waals surface area contributed by atoms with Gasteiger partial charge in [-0.15, -0.1) is 0 Å². The third-order valence-corrected chi connectivity index (χ3v) is 5.15. The van der Waals surface area contributed by atoms with Crippen molar-refractivity contribution in [3.05, 3.63) is 77.1 Å². The van der Waals surface area contributed by atoms with Crippen molar-refractivity contribution in [1.82, 2.24) is 9.88 Å². The van der Waals surface area contributed by atoms with E-state index in [1.807, 2.05) is 44.3 Å². The lowest BCUT2D eigenvalue weighted by molar-refractivity contribution is -0.137. The van der Waals surface area contributed by atoms with Gasteiger partial charge in [0.2, 0.25) is 0 Å². The zero-order valence-electron chi connectivity index (χ0n) is 16.8. The Bertz CT molecular complexity index is 1030. The monoisotopic (exact) mass is 416 g/mol. The molecule has 1 aliphatic heterocycles. The molecule has 0 radical (unpaired) electrons. The van der Waals surface area contributed by atoms with Crippen molar-refractivity contribution >= 4 is 0 Å². The summed E-state index contributed by atoms with van der Waals surface area (Å²) in [5, 5.41) is 3.48. The van der Waals surface area contributed by atoms with Gasteiger partial charge in [0.05, 0.1) is 30.5 Å². The second-order valence-electron chi connectivity index (χ2n) is 7.03. The van der Waals surface area contributed by atoms with Gasteiger partial charge in [0.15, 0.2) is 11.5 Å². The van der Waals surface area contributed by atoms with E-state index in [2.05, 4.69) is 9.88 Å². The number of benzene rings is 2. The second kappa shape index (κ2) is 8.07. The summed E-state index contributed by atoms with van der Waals surface area (Å²) < 4.78 is 52.4. The molecule has 30 heavy (non-hydrogen) atoms. The van der Waals surface area contributed by atoms with E-state index in [4.69, 9.17) is 9.47 Å². The summed E-state index contributed by atoms with van der Waals surface area (Å²) in [6.45, 7) is 5.42. The van der Waals surface area contributed by atoms with Crippen molar-refractivity contribution in [1.29, 1.82) is 0 Å². The SMILES string of the molecule is CCOc1cc2c(cc1OCC)-n1cccc1[C@@H](c1ccc(C(F)(F)F)cc1)NC2. The predicted octanol–water partition coefficient (Wildman–Crippen LogP) is 5.49. The molecule has 0 amide bonds. The normalized spacial score (nSPS) is 15.8. The third-order valence-electron chi connectivity index (χ3n) is 5.15. The maximum Gasteiger partial charge on any atom is 0.416 e. The molecule has 0 fully saturated rings. The van der Waals surface area contributed by atoms with E-state index in [0.717, 1.165) is 34.6 Å². The molecule has 4 nitrogen and oxygen atoms in total. The first-order valence-corrected chi connectivity index (χ1v) is 9.93. The van der Waals surface area contributed by atoms with Crippen molar-refractivity contribution in [2.24, 2.45) is 0 Å². The number of nitrogens with one attached hydrogen (secondary N) is 1. The largest absolute Gasteiger partial charge is 0.490 e. The van der Waals surface area contributed by atoms with E-state index in [1.165, 1.54) is 12.1 Å². The van der Waals surface area contributed by atoms with Gasteiger partial charge in [-0.25, -0.2) is 0 Å². The van der Waals surface area contributed by atoms with Crippen LogP contribution in [0.3, 0.4) is 0 Å². The highest BCUT2D eigenvalue weighted by Crippen LogP contribution is 2.38. The van der Waals surface area contributed by atoms with Gasteiger partial charge in [-0.3, -0.25) is 0 Å². The first-order valence-electron chi connectivity index (χ1n) is 9.93. The van der Waals surface area contributed by atoms with E-state index in [0.29, 0.717) is 31.3 Å². The van der Waals surface area contributed by atoms with Gasteiger partial charge in [0.25, 0.3) is 0 Å². The molecule has 0 saturated carbocycles. The molecule has 0 aliphatic carbocycles. The zero-order chi connectivity index (χ0) is 21.3. The summed E-state index contributed by atoms with van der Waals surface area (Å²) in [7, 11) is 0. The molecule has 2 heterocycles. The number of hydrogen-bond donors (Lipinski definition) is 1. The van der Waals surface area contributed by atoms with Gasteiger partial charge in [-0.1, -0.05) is 12.1 Å². The molecular formula is C23H23F3N2O2. The lowest BCUT2D eigenvalue weighted by Gasteiger charge is -2.19. The van der Waals surface area contributed by atoms with Crippen molar-refractivity contribution in [2.45, 2.75) is 32.6 Å². The topological polar surface area (TPSA) is 35.4 Å². The minimum atomic E-state index is -4.35. The van der Waals surface area contributed by atoms with Crippen LogP contribution in [0.4, 0.5) is 13.2 Å². The number of halogens is 3. The van der Waals surface area contributed by atoms with E-state index in [9.17, 15) is 13.2 Å². The van der Waals surface area contributed by atoms with Crippen LogP contribution in [0, 0.1) is 0 Å². The van der Waals surface area contributed by atoms with Crippen LogP contribution < -0.4 is 14.8 Å². The number of hydrogen-bond acceptors (Lipinski definition) is 3. The van der Waals surface area contributed by atoms with Crippen molar-refractivity contribution in [3.8, 4) is 17.2 Å². The summed E-state index contributed by atoms with van der Waals surface area (Å²) >= 11 is 0. The van der Waals surface area contributed by atoms with Crippen LogP contribution in [-0.2, 0) is 12.7 Å². The second-order valence-corrected chi connectivity index (χ2v) is 7.03. The molecule has 1 aliphatic rings. The Labute approximate surface area is 173 Å². The fourth-order valence-electron chi connectivity index (χ4n) is 3.81. The quantitative estimate of drug-likeness (QED) is 0.598. The van der Waals surface area contributed by atoms with E-state index in [-0.39, 0.29) is 6.04 Å². The van der Waals surface area contributed by atoms with Crippen molar-refractivity contribution in [2.75, 3.05) is 13.2 Å². The Morgan fingerprint density at radius 1 is 1.00 bits per heavy atom. The fourth-order valence-corrected chi connectivity index (χ4v) is 3.81. The molecule has 0 saturated heterocycles. The van der Waals surface area contributed by atoms with Gasteiger partial charge >= 0.3 is 6.18 Å². The van der Waals surface area contributed by atoms with Crippen LogP contribution >= 0.6 is 0 Å². The number of ether oxygens (including phenoxy) is 2. The van der Waals surface area contributed by atoms with Crippen LogP contribution in [-0.4, -0.2) is 17.8 Å². The molecule has 0 spiro atoms. The average molecular weight is 416 g/mol. The molecule has 7 heteroatoms. The number of alkyl halides is 3. The van der Waals surface area contributed by atoms with Crippen LogP contribution in [0.1, 0.15) is 42.3 Å². The van der Waals surface area contributed by atoms with Crippen LogP contribution in [0.5, 0.6) is 11.5 Å². The highest BCUT2D eigenvalue weighted by Gasteiger charge is 2.31. The Kier molecular flexibility index (Phi) is 5.47. The Balaban J connectivity index is 1.76. The summed E-state index contributed by atoms with van der Waals surface area (Å²) in [4.78, 5) is 0. The standard InChI is InChI=1S/C23H23F3N2O2/c1-3-29-20-12-16-14-27-22(15-7-9-17(10-8-15)23(24,25)26)18-6-5-11-28(18)19(16)13-21(20)30-4-2/h5-13,22,27H,3-4,14H2,1-2H3/t22-/m1/s1. The van der Waals surface area contributed by atoms with Crippen LogP contribution in [0.2, 0.25) is 0 Å². The molecule has 4 rings (SSSR count). The van der Waals surface area contributed by atoms with E-state index < -0.39 is 11.7 Å². The number of nitrogens with zero attached hydrogens (tertiary/aromatic N) is 1. The molecule has 1 aromatic heterocycles. The molecule has 2 aromatic carbocycles. The molecular weight excluding hydrogens is 393 g/mol. The highest BCUT2D eigenvalue weighted by atomic mass is 19.4. The molecule has 1 N–H and O–H groups in total. The van der Waals surface area contributed by atoms with Crippen LogP contribution in [0.25, 0.3) is 5.69 Å². The van der Waals surface area contributed by atoms with Crippen LogP contribution in [0.15, 0.2) is 54.7 Å². The Hall–Kier alpha value is -2.93. The summed E-state index contributed by atoms with van der Waals surface area (Å²) in [5.41, 5.74) is 3.05. The zero-order valence-corrected chi connectivity index (χ0v) is 16.8. The smallest absolute Gasteiger partial charge is 0.416 e. The van der Waals surface area contributed by atoms with Gasteiger partial charge in [0, 0.05) is 24.5 Å². The number of aromatic nitrogens is 1. The van der Waals surface area contributed by atoms with E-state index in [1.54, 1.807) is 0 Å². The lowest BCUT2D eigenvalue weighted by Crippen LogP contribution is -2.21. The number of fused-ring (bicyclic) bond motifs is 3. The van der Waals surface area contributed by atoms with E-state index >= 15 is 0 Å². The molecule has 1 atom stereocenters. The Morgan fingerprint density at radius 2 is 1.67 bits per heavy atom. The summed E-state index contributed by atoms with van der Waals surface area (Å²) in [6.07, 6.45) is -2.40. The first-order chi connectivity index (χ1) is 14.4.